The fourth-order valence-corrected chi connectivity index (χ4v) is 3.59. The van der Waals surface area contributed by atoms with Gasteiger partial charge in [-0.2, -0.15) is 0 Å². The smallest absolute Gasteiger partial charge is 0.250 e. The maximum atomic E-state index is 12.4. The molecule has 0 aromatic heterocycles. The highest BCUT2D eigenvalue weighted by molar-refractivity contribution is 7.99. The number of carbonyl (C=O) groups excluding carboxylic acids is 1. The van der Waals surface area contributed by atoms with Gasteiger partial charge in [0.2, 0.25) is 5.91 Å². The summed E-state index contributed by atoms with van der Waals surface area (Å²) in [5.74, 6) is 4.00. The summed E-state index contributed by atoms with van der Waals surface area (Å²) in [5.41, 5.74) is 1.01. The molecule has 1 amide bonds. The minimum Gasteiger partial charge on any atom is -0.493 e. The third-order valence-electron chi connectivity index (χ3n) is 4.04. The predicted molar refractivity (Wildman–Crippen MR) is 117 cm³/mol. The van der Waals surface area contributed by atoms with Crippen LogP contribution in [0.4, 0.5) is 0 Å². The van der Waals surface area contributed by atoms with Crippen molar-refractivity contribution in [2.75, 3.05) is 33.1 Å². The van der Waals surface area contributed by atoms with E-state index in [2.05, 4.69) is 11.2 Å². The van der Waals surface area contributed by atoms with E-state index in [1.807, 2.05) is 42.5 Å². The van der Waals surface area contributed by atoms with E-state index in [1.165, 1.54) is 7.11 Å². The molecule has 0 saturated heterocycles. The van der Waals surface area contributed by atoms with Gasteiger partial charge in [0.1, 0.15) is 12.7 Å². The molecule has 0 saturated carbocycles. The molecule has 0 spiro atoms. The Balaban J connectivity index is 1.82. The fraction of sp³-hybridized carbons (Fsp3) is 0.318. The number of benzene rings is 2. The normalized spacial score (nSPS) is 11.4. The van der Waals surface area contributed by atoms with Gasteiger partial charge in [0.25, 0.3) is 0 Å². The minimum absolute atomic E-state index is 0.144. The van der Waals surface area contributed by atoms with Crippen LogP contribution in [0.3, 0.4) is 0 Å². The van der Waals surface area contributed by atoms with E-state index in [-0.39, 0.29) is 12.5 Å². The van der Waals surface area contributed by atoms with Crippen LogP contribution in [0.25, 0.3) is 0 Å². The van der Waals surface area contributed by atoms with Gasteiger partial charge in [-0.3, -0.25) is 4.79 Å². The number of amides is 1. The van der Waals surface area contributed by atoms with E-state index in [1.54, 1.807) is 18.9 Å². The molecule has 0 fully saturated rings. The SMILES string of the molecule is C#CCOc1ccc(CCNC(=O)[C@@H](CSc2ccc(Cl)cc2)OC)cc1OC. The monoisotopic (exact) mass is 433 g/mol. The highest BCUT2D eigenvalue weighted by atomic mass is 35.5. The number of terminal acetylenes is 1. The molecule has 0 radical (unpaired) electrons. The highest BCUT2D eigenvalue weighted by Crippen LogP contribution is 2.28. The third kappa shape index (κ3) is 7.54. The highest BCUT2D eigenvalue weighted by Gasteiger charge is 2.17. The van der Waals surface area contributed by atoms with Crippen LogP contribution in [0.2, 0.25) is 5.02 Å². The van der Waals surface area contributed by atoms with E-state index < -0.39 is 6.10 Å². The second kappa shape index (κ2) is 12.3. The lowest BCUT2D eigenvalue weighted by Crippen LogP contribution is -2.38. The molecule has 7 heteroatoms. The van der Waals surface area contributed by atoms with Crippen LogP contribution in [-0.4, -0.2) is 45.1 Å². The van der Waals surface area contributed by atoms with Gasteiger partial charge in [-0.05, 0) is 48.4 Å². The summed E-state index contributed by atoms with van der Waals surface area (Å²) < 4.78 is 16.1. The Bertz CT molecular complexity index is 836. The summed E-state index contributed by atoms with van der Waals surface area (Å²) in [6, 6.07) is 13.1. The summed E-state index contributed by atoms with van der Waals surface area (Å²) in [6.45, 7) is 0.663. The zero-order chi connectivity index (χ0) is 21.1. The van der Waals surface area contributed by atoms with Gasteiger partial charge in [-0.15, -0.1) is 18.2 Å². The van der Waals surface area contributed by atoms with Crippen molar-refractivity contribution in [1.82, 2.24) is 5.32 Å². The third-order valence-corrected chi connectivity index (χ3v) is 5.37. The summed E-state index contributed by atoms with van der Waals surface area (Å²) in [4.78, 5) is 13.4. The molecular formula is C22H24ClNO4S. The van der Waals surface area contributed by atoms with Crippen molar-refractivity contribution in [3.63, 3.8) is 0 Å². The fourth-order valence-electron chi connectivity index (χ4n) is 2.50. The lowest BCUT2D eigenvalue weighted by Gasteiger charge is -2.15. The number of methoxy groups -OCH3 is 2. The number of hydrogen-bond acceptors (Lipinski definition) is 5. The zero-order valence-corrected chi connectivity index (χ0v) is 18.0. The largest absolute Gasteiger partial charge is 0.493 e. The minimum atomic E-state index is -0.537. The van der Waals surface area contributed by atoms with Crippen LogP contribution >= 0.6 is 23.4 Å². The molecule has 0 aliphatic rings. The molecule has 2 aromatic carbocycles. The molecule has 0 unspecified atom stereocenters. The second-order valence-electron chi connectivity index (χ2n) is 6.01. The van der Waals surface area contributed by atoms with E-state index in [0.29, 0.717) is 35.2 Å². The number of ether oxygens (including phenoxy) is 3. The Kier molecular flexibility index (Phi) is 9.72. The van der Waals surface area contributed by atoms with Crippen molar-refractivity contribution in [3.8, 4) is 23.8 Å². The molecule has 5 nitrogen and oxygen atoms in total. The van der Waals surface area contributed by atoms with Crippen LogP contribution in [0.1, 0.15) is 5.56 Å². The first kappa shape index (κ1) is 23.0. The standard InChI is InChI=1S/C22H24ClNO4S/c1-4-13-28-19-10-5-16(14-20(19)26-2)11-12-24-22(25)21(27-3)15-29-18-8-6-17(23)7-9-18/h1,5-10,14,21H,11-13,15H2,2-3H3,(H,24,25)/t21-/m1/s1. The quantitative estimate of drug-likeness (QED) is 0.431. The van der Waals surface area contributed by atoms with E-state index in [0.717, 1.165) is 10.5 Å². The molecule has 0 heterocycles. The lowest BCUT2D eigenvalue weighted by molar-refractivity contribution is -0.129. The van der Waals surface area contributed by atoms with Gasteiger partial charge in [-0.25, -0.2) is 0 Å². The van der Waals surface area contributed by atoms with Gasteiger partial charge in [0.05, 0.1) is 7.11 Å². The summed E-state index contributed by atoms with van der Waals surface area (Å²) in [7, 11) is 3.11. The zero-order valence-electron chi connectivity index (χ0n) is 16.4. The number of hydrogen-bond donors (Lipinski definition) is 1. The Labute approximate surface area is 181 Å². The topological polar surface area (TPSA) is 56.8 Å². The number of rotatable bonds is 11. The van der Waals surface area contributed by atoms with Gasteiger partial charge in [0.15, 0.2) is 11.5 Å². The molecule has 2 aromatic rings. The summed E-state index contributed by atoms with van der Waals surface area (Å²) >= 11 is 7.43. The van der Waals surface area contributed by atoms with Crippen molar-refractivity contribution >= 4 is 29.3 Å². The molecular weight excluding hydrogens is 410 g/mol. The van der Waals surface area contributed by atoms with Crippen LogP contribution in [0.5, 0.6) is 11.5 Å². The molecule has 2 rings (SSSR count). The Morgan fingerprint density at radius 2 is 1.97 bits per heavy atom. The summed E-state index contributed by atoms with van der Waals surface area (Å²) in [6.07, 6.45) is 5.33. The molecule has 0 bridgehead atoms. The molecule has 154 valence electrons. The predicted octanol–water partition coefficient (Wildman–Crippen LogP) is 3.83. The van der Waals surface area contributed by atoms with Crippen LogP contribution in [-0.2, 0) is 16.0 Å². The Morgan fingerprint density at radius 3 is 2.62 bits per heavy atom. The molecule has 0 aliphatic carbocycles. The van der Waals surface area contributed by atoms with Gasteiger partial charge >= 0.3 is 0 Å². The van der Waals surface area contributed by atoms with Crippen molar-refractivity contribution in [2.24, 2.45) is 0 Å². The van der Waals surface area contributed by atoms with Crippen molar-refractivity contribution < 1.29 is 19.0 Å². The first-order valence-corrected chi connectivity index (χ1v) is 10.4. The van der Waals surface area contributed by atoms with Crippen LogP contribution in [0, 0.1) is 12.3 Å². The first-order valence-electron chi connectivity index (χ1n) is 8.99. The van der Waals surface area contributed by atoms with Gasteiger partial charge in [0, 0.05) is 29.3 Å². The Morgan fingerprint density at radius 1 is 1.21 bits per heavy atom. The van der Waals surface area contributed by atoms with Crippen molar-refractivity contribution in [3.05, 3.63) is 53.1 Å². The average molecular weight is 434 g/mol. The van der Waals surface area contributed by atoms with Gasteiger partial charge in [-0.1, -0.05) is 23.6 Å². The molecule has 29 heavy (non-hydrogen) atoms. The first-order chi connectivity index (χ1) is 14.1. The average Bonchev–Trinajstić information content (AvgIpc) is 2.74. The van der Waals surface area contributed by atoms with E-state index in [9.17, 15) is 4.79 Å². The Hall–Kier alpha value is -2.33. The van der Waals surface area contributed by atoms with E-state index >= 15 is 0 Å². The van der Waals surface area contributed by atoms with Gasteiger partial charge < -0.3 is 19.5 Å². The van der Waals surface area contributed by atoms with Crippen LogP contribution < -0.4 is 14.8 Å². The second-order valence-corrected chi connectivity index (χ2v) is 7.54. The number of carbonyl (C=O) groups is 1. The van der Waals surface area contributed by atoms with Crippen molar-refractivity contribution in [1.29, 1.82) is 0 Å². The maximum absolute atomic E-state index is 12.4. The molecule has 0 aliphatic heterocycles. The molecule has 1 atom stereocenters. The van der Waals surface area contributed by atoms with Crippen LogP contribution in [0.15, 0.2) is 47.4 Å². The number of thioether (sulfide) groups is 1. The molecule has 1 N–H and O–H groups in total. The maximum Gasteiger partial charge on any atom is 0.250 e. The summed E-state index contributed by atoms with van der Waals surface area (Å²) in [5, 5.41) is 3.60. The lowest BCUT2D eigenvalue weighted by atomic mass is 10.1. The number of halogens is 1. The number of nitrogens with one attached hydrogen (secondary N) is 1. The van der Waals surface area contributed by atoms with Crippen molar-refractivity contribution in [2.45, 2.75) is 17.4 Å². The van der Waals surface area contributed by atoms with E-state index in [4.69, 9.17) is 32.2 Å².